The summed E-state index contributed by atoms with van der Waals surface area (Å²) in [6, 6.07) is 51.8. The van der Waals surface area contributed by atoms with Crippen molar-refractivity contribution in [2.75, 3.05) is 0 Å². The second-order valence-corrected chi connectivity index (χ2v) is 12.4. The van der Waals surface area contributed by atoms with Crippen LogP contribution in [0.2, 0.25) is 0 Å². The van der Waals surface area contributed by atoms with Gasteiger partial charge in [-0.25, -0.2) is 4.85 Å². The maximum Gasteiger partial charge on any atom is 0.210 e. The van der Waals surface area contributed by atoms with Crippen molar-refractivity contribution in [3.05, 3.63) is 163 Å². The molecule has 0 aliphatic heterocycles. The van der Waals surface area contributed by atoms with E-state index in [1.54, 1.807) is 0 Å². The molecule has 0 N–H and O–H groups in total. The Balaban J connectivity index is 1.25. The smallest absolute Gasteiger partial charge is 0.210 e. The summed E-state index contributed by atoms with van der Waals surface area (Å²) in [4.78, 5) is 3.94. The van der Waals surface area contributed by atoms with Crippen LogP contribution in [0.1, 0.15) is 5.56 Å². The first-order chi connectivity index (χ1) is 24.2. The molecule has 0 aliphatic carbocycles. The summed E-state index contributed by atoms with van der Waals surface area (Å²) in [6.07, 6.45) is 0. The molecule has 0 atom stereocenters. The fraction of sp³-hybridized carbons (Fsp3) is 0. The summed E-state index contributed by atoms with van der Waals surface area (Å²) in [5.74, 6) is 0. The van der Waals surface area contributed by atoms with Crippen molar-refractivity contribution in [3.63, 3.8) is 0 Å². The molecule has 7 aromatic carbocycles. The molecule has 0 bridgehead atoms. The third-order valence-electron chi connectivity index (χ3n) is 9.73. The lowest BCUT2D eigenvalue weighted by atomic mass is 10.0. The van der Waals surface area contributed by atoms with Crippen LogP contribution in [-0.2, 0) is 0 Å². The van der Waals surface area contributed by atoms with Crippen LogP contribution in [0.3, 0.4) is 0 Å². The van der Waals surface area contributed by atoms with Crippen LogP contribution in [0, 0.1) is 17.9 Å². The van der Waals surface area contributed by atoms with Crippen LogP contribution in [-0.4, -0.2) is 9.13 Å². The maximum absolute atomic E-state index is 10.3. The van der Waals surface area contributed by atoms with E-state index in [2.05, 4.69) is 92.8 Å². The molecule has 5 nitrogen and oxygen atoms in total. The fourth-order valence-corrected chi connectivity index (χ4v) is 7.63. The molecule has 3 aromatic heterocycles. The minimum Gasteiger partial charge on any atom is -0.454 e. The van der Waals surface area contributed by atoms with Gasteiger partial charge in [0.25, 0.3) is 0 Å². The van der Waals surface area contributed by atoms with Gasteiger partial charge in [0.05, 0.1) is 46.0 Å². The number of fused-ring (bicyclic) bond motifs is 10. The third-order valence-corrected chi connectivity index (χ3v) is 9.73. The van der Waals surface area contributed by atoms with Gasteiger partial charge in [0.15, 0.2) is 5.58 Å². The van der Waals surface area contributed by atoms with Gasteiger partial charge in [-0.1, -0.05) is 91.0 Å². The van der Waals surface area contributed by atoms with Gasteiger partial charge < -0.3 is 13.6 Å². The van der Waals surface area contributed by atoms with E-state index in [1.165, 1.54) is 0 Å². The van der Waals surface area contributed by atoms with Crippen molar-refractivity contribution < 1.29 is 4.42 Å². The van der Waals surface area contributed by atoms with E-state index in [1.807, 2.05) is 72.8 Å². The Labute approximate surface area is 280 Å². The highest BCUT2D eigenvalue weighted by atomic mass is 16.3. The first-order valence-electron chi connectivity index (χ1n) is 16.1. The Morgan fingerprint density at radius 2 is 1.16 bits per heavy atom. The van der Waals surface area contributed by atoms with Crippen LogP contribution in [0.25, 0.3) is 92.9 Å². The second-order valence-electron chi connectivity index (χ2n) is 12.4. The zero-order chi connectivity index (χ0) is 32.6. The van der Waals surface area contributed by atoms with E-state index in [0.29, 0.717) is 11.3 Å². The minimum atomic E-state index is 0.544. The van der Waals surface area contributed by atoms with Gasteiger partial charge in [0.2, 0.25) is 5.69 Å². The van der Waals surface area contributed by atoms with Gasteiger partial charge >= 0.3 is 0 Å². The molecular weight excluding hydrogens is 601 g/mol. The Kier molecular flexibility index (Phi) is 5.64. The summed E-state index contributed by atoms with van der Waals surface area (Å²) in [7, 11) is 0. The van der Waals surface area contributed by atoms with Gasteiger partial charge in [-0.2, -0.15) is 5.26 Å². The summed E-state index contributed by atoms with van der Waals surface area (Å²) in [5, 5.41) is 16.9. The van der Waals surface area contributed by atoms with Gasteiger partial charge in [0, 0.05) is 38.0 Å². The van der Waals surface area contributed by atoms with Crippen molar-refractivity contribution in [2.24, 2.45) is 0 Å². The molecule has 3 heterocycles. The van der Waals surface area contributed by atoms with Gasteiger partial charge in [-0.3, -0.25) is 0 Å². The minimum absolute atomic E-state index is 0.544. The lowest BCUT2D eigenvalue weighted by molar-refractivity contribution is 0.671. The van der Waals surface area contributed by atoms with Crippen LogP contribution in [0.4, 0.5) is 5.69 Å². The number of nitriles is 1. The average molecular weight is 625 g/mol. The predicted octanol–water partition coefficient (Wildman–Crippen LogP) is 11.9. The van der Waals surface area contributed by atoms with Crippen molar-refractivity contribution in [1.29, 1.82) is 5.26 Å². The van der Waals surface area contributed by atoms with E-state index < -0.39 is 0 Å². The molecule has 0 aliphatic rings. The van der Waals surface area contributed by atoms with Crippen LogP contribution in [0.5, 0.6) is 0 Å². The summed E-state index contributed by atoms with van der Waals surface area (Å²) in [6.45, 7) is 8.09. The van der Waals surface area contributed by atoms with Crippen molar-refractivity contribution in [1.82, 2.24) is 9.13 Å². The van der Waals surface area contributed by atoms with Gasteiger partial charge in [0.1, 0.15) is 5.58 Å². The Morgan fingerprint density at radius 3 is 1.86 bits per heavy atom. The first-order valence-corrected chi connectivity index (χ1v) is 16.1. The van der Waals surface area contributed by atoms with Crippen LogP contribution < -0.4 is 0 Å². The van der Waals surface area contributed by atoms with E-state index in [-0.39, 0.29) is 0 Å². The molecule has 0 fully saturated rings. The Hall–Kier alpha value is -7.08. The normalized spacial score (nSPS) is 11.6. The van der Waals surface area contributed by atoms with E-state index in [0.717, 1.165) is 88.1 Å². The lowest BCUT2D eigenvalue weighted by Gasteiger charge is -2.14. The number of aromatic nitrogens is 2. The summed E-state index contributed by atoms with van der Waals surface area (Å²) >= 11 is 0. The van der Waals surface area contributed by atoms with Crippen LogP contribution in [0.15, 0.2) is 150 Å². The fourth-order valence-electron chi connectivity index (χ4n) is 7.63. The number of hydrogen-bond acceptors (Lipinski definition) is 2. The topological polar surface area (TPSA) is 51.1 Å². The zero-order valence-electron chi connectivity index (χ0n) is 26.1. The molecule has 226 valence electrons. The first kappa shape index (κ1) is 27.1. The van der Waals surface area contributed by atoms with E-state index in [9.17, 15) is 5.26 Å². The average Bonchev–Trinajstić information content (AvgIpc) is 3.82. The number of para-hydroxylation sites is 4. The molecule has 0 amide bonds. The molecule has 0 radical (unpaired) electrons. The van der Waals surface area contributed by atoms with E-state index >= 15 is 0 Å². The molecule has 0 saturated heterocycles. The molecule has 10 aromatic rings. The highest BCUT2D eigenvalue weighted by Gasteiger charge is 2.20. The number of furan rings is 1. The number of nitrogens with zero attached hydrogens (tertiary/aromatic N) is 4. The van der Waals surface area contributed by atoms with E-state index in [4.69, 9.17) is 11.0 Å². The Morgan fingerprint density at radius 1 is 0.551 bits per heavy atom. The van der Waals surface area contributed by atoms with Gasteiger partial charge in [-0.15, -0.1) is 0 Å². The quantitative estimate of drug-likeness (QED) is 0.184. The molecular formula is C44H24N4O. The SMILES string of the molecule is [C-]#[N+]c1ccc(-c2cc(C#N)cc(-n3c4ccccc4c4ccc5c6ccccc6oc5c43)c2)cc1-n1c2ccccc2c2ccccc21. The highest BCUT2D eigenvalue weighted by Crippen LogP contribution is 2.42. The molecule has 0 unspecified atom stereocenters. The van der Waals surface area contributed by atoms with Crippen molar-refractivity contribution in [2.45, 2.75) is 0 Å². The van der Waals surface area contributed by atoms with Gasteiger partial charge in [-0.05, 0) is 65.7 Å². The predicted molar refractivity (Wildman–Crippen MR) is 199 cm³/mol. The molecule has 0 spiro atoms. The van der Waals surface area contributed by atoms with Crippen LogP contribution >= 0.6 is 0 Å². The maximum atomic E-state index is 10.3. The number of rotatable bonds is 3. The Bertz CT molecular complexity index is 3030. The molecule has 5 heteroatoms. The molecule has 0 saturated carbocycles. The zero-order valence-corrected chi connectivity index (χ0v) is 26.1. The lowest BCUT2D eigenvalue weighted by Crippen LogP contribution is -1.97. The second kappa shape index (κ2) is 10.2. The summed E-state index contributed by atoms with van der Waals surface area (Å²) in [5.41, 5.74) is 10.3. The van der Waals surface area contributed by atoms with Crippen molar-refractivity contribution in [3.8, 4) is 28.6 Å². The molecule has 10 rings (SSSR count). The number of hydrogen-bond donors (Lipinski definition) is 0. The third kappa shape index (κ3) is 3.85. The molecule has 49 heavy (non-hydrogen) atoms. The number of benzene rings is 7. The van der Waals surface area contributed by atoms with Crippen molar-refractivity contribution >= 4 is 71.2 Å². The monoisotopic (exact) mass is 624 g/mol. The highest BCUT2D eigenvalue weighted by molar-refractivity contribution is 6.21. The standard InChI is InChI=1S/C44H24N4O/c1-46-37-21-18-28(25-41(37)48-39-15-7-2-10-31(39)32-11-3-8-16-40(32)48)29-22-27(26-45)23-30(24-29)47-38-14-6-4-12-33(38)35-19-20-36-34-13-5-9-17-42(34)49-44(36)43(35)47/h2-25H. The summed E-state index contributed by atoms with van der Waals surface area (Å²) < 4.78 is 11.0. The largest absolute Gasteiger partial charge is 0.454 e.